The lowest BCUT2D eigenvalue weighted by molar-refractivity contribution is 0.0685. The van der Waals surface area contributed by atoms with E-state index in [9.17, 15) is 15.0 Å². The van der Waals surface area contributed by atoms with Crippen LogP contribution in [-0.4, -0.2) is 42.6 Å². The van der Waals surface area contributed by atoms with Crippen molar-refractivity contribution >= 4 is 5.97 Å². The van der Waals surface area contributed by atoms with E-state index in [4.69, 9.17) is 18.9 Å². The molecule has 0 heterocycles. The van der Waals surface area contributed by atoms with Gasteiger partial charge in [0.05, 0.1) is 26.4 Å². The minimum Gasteiger partial charge on any atom is -0.503 e. The highest BCUT2D eigenvalue weighted by atomic mass is 16.6. The number of rotatable bonds is 32. The SMILES string of the molecule is CCCCCCCCOc1c(OCCCCCCC)c(O)c(C(=O)O)c(OCCCCCCCC)c1OCCCCCCCC. The Morgan fingerprint density at radius 1 is 0.422 bits per heavy atom. The van der Waals surface area contributed by atoms with Crippen LogP contribution in [-0.2, 0) is 0 Å². The third-order valence-corrected chi connectivity index (χ3v) is 8.24. The van der Waals surface area contributed by atoms with E-state index < -0.39 is 11.7 Å². The normalized spacial score (nSPS) is 11.1. The molecular weight excluding hydrogens is 568 g/mol. The van der Waals surface area contributed by atoms with Gasteiger partial charge in [0.2, 0.25) is 17.2 Å². The first-order valence-corrected chi connectivity index (χ1v) is 18.7. The fourth-order valence-electron chi connectivity index (χ4n) is 5.43. The van der Waals surface area contributed by atoms with E-state index in [-0.39, 0.29) is 28.6 Å². The molecule has 0 bridgehead atoms. The Balaban J connectivity index is 3.29. The summed E-state index contributed by atoms with van der Waals surface area (Å²) in [6.45, 7) is 10.3. The standard InChI is InChI=1S/C38H68O7/c1-5-9-13-17-21-25-28-42-34-32(38(40)41)33(39)35(43-29-24-20-16-12-8-4)37(45-31-27-23-19-15-11-7-3)36(34)44-30-26-22-18-14-10-6-2/h39H,5-31H2,1-4H3,(H,40,41). The summed E-state index contributed by atoms with van der Waals surface area (Å²) >= 11 is 0. The lowest BCUT2D eigenvalue weighted by atomic mass is 10.1. The number of hydrogen-bond donors (Lipinski definition) is 2. The molecule has 0 saturated heterocycles. The van der Waals surface area contributed by atoms with Gasteiger partial charge in [-0.3, -0.25) is 0 Å². The van der Waals surface area contributed by atoms with Gasteiger partial charge in [0, 0.05) is 0 Å². The van der Waals surface area contributed by atoms with Gasteiger partial charge in [-0.1, -0.05) is 150 Å². The van der Waals surface area contributed by atoms with Gasteiger partial charge in [-0.05, 0) is 25.7 Å². The predicted molar refractivity (Wildman–Crippen MR) is 186 cm³/mol. The summed E-state index contributed by atoms with van der Waals surface area (Å²) in [4.78, 5) is 12.6. The summed E-state index contributed by atoms with van der Waals surface area (Å²) in [5.74, 6) is -1.10. The van der Waals surface area contributed by atoms with E-state index in [2.05, 4.69) is 27.7 Å². The highest BCUT2D eigenvalue weighted by Gasteiger charge is 2.32. The van der Waals surface area contributed by atoms with E-state index in [1.807, 2.05) is 0 Å². The number of carboxylic acid groups (broad SMARTS) is 1. The molecule has 0 aliphatic heterocycles. The molecular formula is C38H68O7. The van der Waals surface area contributed by atoms with Gasteiger partial charge in [-0.15, -0.1) is 0 Å². The van der Waals surface area contributed by atoms with Gasteiger partial charge in [-0.2, -0.15) is 0 Å². The Bertz CT molecular complexity index is 870. The van der Waals surface area contributed by atoms with Crippen LogP contribution in [0.25, 0.3) is 0 Å². The third-order valence-electron chi connectivity index (χ3n) is 8.24. The van der Waals surface area contributed by atoms with Gasteiger partial charge in [-0.25, -0.2) is 4.79 Å². The van der Waals surface area contributed by atoms with Crippen molar-refractivity contribution < 1.29 is 34.0 Å². The summed E-state index contributed by atoms with van der Waals surface area (Å²) in [5.41, 5.74) is -0.313. The van der Waals surface area contributed by atoms with E-state index in [1.165, 1.54) is 64.2 Å². The quantitative estimate of drug-likeness (QED) is 0.0760. The zero-order valence-electron chi connectivity index (χ0n) is 29.5. The number of aromatic hydroxyl groups is 1. The zero-order valence-corrected chi connectivity index (χ0v) is 29.5. The molecule has 0 aliphatic rings. The highest BCUT2D eigenvalue weighted by Crippen LogP contribution is 2.53. The van der Waals surface area contributed by atoms with Gasteiger partial charge >= 0.3 is 5.97 Å². The van der Waals surface area contributed by atoms with Crippen LogP contribution in [0.15, 0.2) is 0 Å². The van der Waals surface area contributed by atoms with Crippen LogP contribution in [0.2, 0.25) is 0 Å². The van der Waals surface area contributed by atoms with Crippen molar-refractivity contribution in [3.63, 3.8) is 0 Å². The summed E-state index contributed by atoms with van der Waals surface area (Å²) in [7, 11) is 0. The molecule has 0 atom stereocenters. The monoisotopic (exact) mass is 636 g/mol. The molecule has 0 radical (unpaired) electrons. The second-order valence-electron chi connectivity index (χ2n) is 12.5. The van der Waals surface area contributed by atoms with Crippen molar-refractivity contribution in [2.75, 3.05) is 26.4 Å². The first-order chi connectivity index (χ1) is 22.0. The molecule has 0 spiro atoms. The number of ether oxygens (including phenoxy) is 4. The predicted octanol–water partition coefficient (Wildman–Crippen LogP) is 11.7. The average Bonchev–Trinajstić information content (AvgIpc) is 3.03. The van der Waals surface area contributed by atoms with E-state index >= 15 is 0 Å². The highest BCUT2D eigenvalue weighted by molar-refractivity contribution is 5.97. The van der Waals surface area contributed by atoms with E-state index in [1.54, 1.807) is 0 Å². The molecule has 262 valence electrons. The second-order valence-corrected chi connectivity index (χ2v) is 12.5. The van der Waals surface area contributed by atoms with Gasteiger partial charge < -0.3 is 29.2 Å². The molecule has 7 heteroatoms. The summed E-state index contributed by atoms with van der Waals surface area (Å²) in [6.07, 6.45) is 25.1. The van der Waals surface area contributed by atoms with Crippen LogP contribution in [0.5, 0.6) is 28.7 Å². The first kappa shape index (κ1) is 40.7. The Labute approximate surface area is 275 Å². The number of aromatic carboxylic acids is 1. The maximum absolute atomic E-state index is 12.6. The van der Waals surface area contributed by atoms with Crippen LogP contribution in [0.4, 0.5) is 0 Å². The van der Waals surface area contributed by atoms with Crippen molar-refractivity contribution in [3.05, 3.63) is 5.56 Å². The summed E-state index contributed by atoms with van der Waals surface area (Å²) in [6, 6.07) is 0. The molecule has 1 aromatic rings. The maximum Gasteiger partial charge on any atom is 0.343 e. The van der Waals surface area contributed by atoms with E-state index in [0.29, 0.717) is 26.4 Å². The Kier molecular flexibility index (Phi) is 25.3. The van der Waals surface area contributed by atoms with Crippen LogP contribution in [0.3, 0.4) is 0 Å². The maximum atomic E-state index is 12.6. The molecule has 1 aromatic carbocycles. The van der Waals surface area contributed by atoms with Gasteiger partial charge in [0.15, 0.2) is 17.1 Å². The van der Waals surface area contributed by atoms with Crippen molar-refractivity contribution in [3.8, 4) is 28.7 Å². The molecule has 0 amide bonds. The molecule has 7 nitrogen and oxygen atoms in total. The van der Waals surface area contributed by atoms with Gasteiger partial charge in [0.1, 0.15) is 0 Å². The Morgan fingerprint density at radius 3 is 1.02 bits per heavy atom. The van der Waals surface area contributed by atoms with E-state index in [0.717, 1.165) is 83.5 Å². The van der Waals surface area contributed by atoms with Crippen LogP contribution < -0.4 is 18.9 Å². The second kappa shape index (κ2) is 28.0. The van der Waals surface area contributed by atoms with Gasteiger partial charge in [0.25, 0.3) is 0 Å². The van der Waals surface area contributed by atoms with Crippen molar-refractivity contribution in [1.82, 2.24) is 0 Å². The molecule has 1 rings (SSSR count). The molecule has 0 aliphatic carbocycles. The number of carboxylic acids is 1. The Morgan fingerprint density at radius 2 is 0.689 bits per heavy atom. The number of benzene rings is 1. The fourth-order valence-corrected chi connectivity index (χ4v) is 5.43. The molecule has 2 N–H and O–H groups in total. The number of unbranched alkanes of at least 4 members (excludes halogenated alkanes) is 19. The first-order valence-electron chi connectivity index (χ1n) is 18.7. The molecule has 0 fully saturated rings. The van der Waals surface area contributed by atoms with Crippen molar-refractivity contribution in [2.45, 2.75) is 175 Å². The lowest BCUT2D eigenvalue weighted by Crippen LogP contribution is -2.13. The number of phenols is 1. The third kappa shape index (κ3) is 17.8. The molecule has 0 unspecified atom stereocenters. The largest absolute Gasteiger partial charge is 0.503 e. The smallest absolute Gasteiger partial charge is 0.343 e. The lowest BCUT2D eigenvalue weighted by Gasteiger charge is -2.23. The number of carbonyl (C=O) groups is 1. The summed E-state index contributed by atoms with van der Waals surface area (Å²) in [5, 5.41) is 21.6. The van der Waals surface area contributed by atoms with Crippen LogP contribution in [0.1, 0.15) is 186 Å². The van der Waals surface area contributed by atoms with Crippen molar-refractivity contribution in [1.29, 1.82) is 0 Å². The minimum absolute atomic E-state index is 0.0489. The zero-order chi connectivity index (χ0) is 33.0. The van der Waals surface area contributed by atoms with Crippen LogP contribution >= 0.6 is 0 Å². The Hall–Kier alpha value is -2.31. The summed E-state index contributed by atoms with van der Waals surface area (Å²) < 4.78 is 24.9. The molecule has 0 saturated carbocycles. The van der Waals surface area contributed by atoms with Crippen molar-refractivity contribution in [2.24, 2.45) is 0 Å². The average molecular weight is 637 g/mol. The van der Waals surface area contributed by atoms with Crippen LogP contribution in [0, 0.1) is 0 Å². The number of hydrogen-bond acceptors (Lipinski definition) is 6. The molecule has 0 aromatic heterocycles. The minimum atomic E-state index is -1.27. The topological polar surface area (TPSA) is 94.5 Å². The molecule has 45 heavy (non-hydrogen) atoms. The fraction of sp³-hybridized carbons (Fsp3) is 0.816.